The van der Waals surface area contributed by atoms with Gasteiger partial charge in [-0.05, 0) is 31.0 Å². The third-order valence-electron chi connectivity index (χ3n) is 3.42. The Morgan fingerprint density at radius 2 is 2.21 bits per heavy atom. The lowest BCUT2D eigenvalue weighted by molar-refractivity contribution is -0.122. The van der Waals surface area contributed by atoms with E-state index in [2.05, 4.69) is 26.1 Å². The first-order valence-corrected chi connectivity index (χ1v) is 7.36. The molecule has 0 spiro atoms. The molecular formula is C14H20BrN3O. The smallest absolute Gasteiger partial charge is 0.234 e. The molecule has 2 rings (SSSR count). The molecule has 104 valence electrons. The quantitative estimate of drug-likeness (QED) is 0.885. The Morgan fingerprint density at radius 3 is 2.79 bits per heavy atom. The van der Waals surface area contributed by atoms with Gasteiger partial charge in [0.25, 0.3) is 0 Å². The summed E-state index contributed by atoms with van der Waals surface area (Å²) >= 11 is 3.40. The van der Waals surface area contributed by atoms with Gasteiger partial charge in [-0.15, -0.1) is 0 Å². The average Bonchev–Trinajstić information content (AvgIpc) is 2.75. The van der Waals surface area contributed by atoms with Gasteiger partial charge >= 0.3 is 0 Å². The summed E-state index contributed by atoms with van der Waals surface area (Å²) < 4.78 is 1.04. The highest BCUT2D eigenvalue weighted by atomic mass is 79.9. The molecule has 0 bridgehead atoms. The number of nitrogens with one attached hydrogen (secondary N) is 1. The van der Waals surface area contributed by atoms with Gasteiger partial charge in [0.05, 0.1) is 12.6 Å². The number of rotatable bonds is 4. The number of nitrogens with two attached hydrogens (primary N) is 1. The molecule has 5 heteroatoms. The normalized spacial score (nSPS) is 21.3. The van der Waals surface area contributed by atoms with E-state index in [4.69, 9.17) is 5.73 Å². The SMILES string of the molecule is CC(NC(=O)CN1CC[C@@H](N)C1)c1ccc(Br)cc1. The van der Waals surface area contributed by atoms with Gasteiger partial charge < -0.3 is 11.1 Å². The number of likely N-dealkylation sites (tertiary alicyclic amines) is 1. The summed E-state index contributed by atoms with van der Waals surface area (Å²) in [5.41, 5.74) is 6.94. The number of nitrogens with zero attached hydrogens (tertiary/aromatic N) is 1. The van der Waals surface area contributed by atoms with Crippen LogP contribution in [0.15, 0.2) is 28.7 Å². The second kappa shape index (κ2) is 6.50. The topological polar surface area (TPSA) is 58.4 Å². The first kappa shape index (κ1) is 14.5. The fraction of sp³-hybridized carbons (Fsp3) is 0.500. The van der Waals surface area contributed by atoms with Crippen molar-refractivity contribution in [3.8, 4) is 0 Å². The van der Waals surface area contributed by atoms with E-state index in [0.717, 1.165) is 29.5 Å². The van der Waals surface area contributed by atoms with Gasteiger partial charge in [0, 0.05) is 23.6 Å². The van der Waals surface area contributed by atoms with Gasteiger partial charge in [0.1, 0.15) is 0 Å². The largest absolute Gasteiger partial charge is 0.348 e. The average molecular weight is 326 g/mol. The highest BCUT2D eigenvalue weighted by Gasteiger charge is 2.21. The third-order valence-corrected chi connectivity index (χ3v) is 3.95. The lowest BCUT2D eigenvalue weighted by Gasteiger charge is -2.18. The maximum absolute atomic E-state index is 12.0. The van der Waals surface area contributed by atoms with Crippen molar-refractivity contribution in [1.29, 1.82) is 0 Å². The number of hydrogen-bond acceptors (Lipinski definition) is 3. The molecule has 1 saturated heterocycles. The molecule has 0 radical (unpaired) electrons. The van der Waals surface area contributed by atoms with E-state index < -0.39 is 0 Å². The predicted octanol–water partition coefficient (Wildman–Crippen LogP) is 1.66. The Balaban J connectivity index is 1.83. The summed E-state index contributed by atoms with van der Waals surface area (Å²) in [6, 6.07) is 8.24. The number of carbonyl (C=O) groups excluding carboxylic acids is 1. The number of benzene rings is 1. The van der Waals surface area contributed by atoms with E-state index in [9.17, 15) is 4.79 Å². The zero-order valence-corrected chi connectivity index (χ0v) is 12.7. The molecule has 1 fully saturated rings. The zero-order valence-electron chi connectivity index (χ0n) is 11.1. The summed E-state index contributed by atoms with van der Waals surface area (Å²) in [5, 5.41) is 3.02. The van der Waals surface area contributed by atoms with Crippen LogP contribution in [0.2, 0.25) is 0 Å². The van der Waals surface area contributed by atoms with Crippen LogP contribution in [0.3, 0.4) is 0 Å². The minimum atomic E-state index is 0.0249. The number of halogens is 1. The number of carbonyl (C=O) groups is 1. The standard InChI is InChI=1S/C14H20BrN3O/c1-10(11-2-4-12(15)5-3-11)17-14(19)9-18-7-6-13(16)8-18/h2-5,10,13H,6-9,16H2,1H3,(H,17,19)/t10?,13-/m1/s1. The van der Waals surface area contributed by atoms with Crippen molar-refractivity contribution in [2.75, 3.05) is 19.6 Å². The summed E-state index contributed by atoms with van der Waals surface area (Å²) in [5.74, 6) is 0.0597. The maximum atomic E-state index is 12.0. The molecule has 1 aromatic carbocycles. The van der Waals surface area contributed by atoms with Crippen molar-refractivity contribution in [2.24, 2.45) is 5.73 Å². The van der Waals surface area contributed by atoms with Crippen LogP contribution in [-0.4, -0.2) is 36.5 Å². The monoisotopic (exact) mass is 325 g/mol. The molecule has 1 amide bonds. The van der Waals surface area contributed by atoms with Gasteiger partial charge in [-0.25, -0.2) is 0 Å². The molecule has 1 aliphatic heterocycles. The van der Waals surface area contributed by atoms with Crippen LogP contribution in [0.5, 0.6) is 0 Å². The molecule has 1 heterocycles. The molecule has 0 aromatic heterocycles. The Morgan fingerprint density at radius 1 is 1.53 bits per heavy atom. The molecule has 19 heavy (non-hydrogen) atoms. The molecule has 1 aromatic rings. The lowest BCUT2D eigenvalue weighted by atomic mass is 10.1. The summed E-state index contributed by atoms with van der Waals surface area (Å²) in [6.45, 7) is 4.17. The summed E-state index contributed by atoms with van der Waals surface area (Å²) in [7, 11) is 0. The van der Waals surface area contributed by atoms with Gasteiger partial charge in [-0.2, -0.15) is 0 Å². The molecular weight excluding hydrogens is 306 g/mol. The predicted molar refractivity (Wildman–Crippen MR) is 79.7 cm³/mol. The van der Waals surface area contributed by atoms with Gasteiger partial charge in [-0.1, -0.05) is 28.1 Å². The van der Waals surface area contributed by atoms with E-state index >= 15 is 0 Å². The van der Waals surface area contributed by atoms with Crippen molar-refractivity contribution < 1.29 is 4.79 Å². The van der Waals surface area contributed by atoms with E-state index in [1.807, 2.05) is 31.2 Å². The Labute approximate surface area is 122 Å². The second-order valence-corrected chi connectivity index (χ2v) is 6.04. The Bertz CT molecular complexity index is 435. The first-order chi connectivity index (χ1) is 9.04. The molecule has 1 aliphatic rings. The van der Waals surface area contributed by atoms with Crippen molar-refractivity contribution in [1.82, 2.24) is 10.2 Å². The minimum Gasteiger partial charge on any atom is -0.348 e. The van der Waals surface area contributed by atoms with Crippen LogP contribution in [0.4, 0.5) is 0 Å². The van der Waals surface area contributed by atoms with Crippen molar-refractivity contribution in [3.63, 3.8) is 0 Å². The van der Waals surface area contributed by atoms with Crippen LogP contribution < -0.4 is 11.1 Å². The van der Waals surface area contributed by atoms with E-state index in [1.165, 1.54) is 0 Å². The molecule has 4 nitrogen and oxygen atoms in total. The fourth-order valence-corrected chi connectivity index (χ4v) is 2.60. The number of hydrogen-bond donors (Lipinski definition) is 2. The van der Waals surface area contributed by atoms with E-state index in [1.54, 1.807) is 0 Å². The third kappa shape index (κ3) is 4.30. The van der Waals surface area contributed by atoms with Crippen molar-refractivity contribution in [2.45, 2.75) is 25.4 Å². The van der Waals surface area contributed by atoms with Crippen molar-refractivity contribution in [3.05, 3.63) is 34.3 Å². The van der Waals surface area contributed by atoms with Crippen LogP contribution in [0, 0.1) is 0 Å². The fourth-order valence-electron chi connectivity index (χ4n) is 2.33. The molecule has 1 unspecified atom stereocenters. The first-order valence-electron chi connectivity index (χ1n) is 6.57. The van der Waals surface area contributed by atoms with Crippen LogP contribution in [0.25, 0.3) is 0 Å². The van der Waals surface area contributed by atoms with Gasteiger partial charge in [-0.3, -0.25) is 9.69 Å². The summed E-state index contributed by atoms with van der Waals surface area (Å²) in [4.78, 5) is 14.1. The van der Waals surface area contributed by atoms with Crippen LogP contribution in [-0.2, 0) is 4.79 Å². The zero-order chi connectivity index (χ0) is 13.8. The molecule has 0 saturated carbocycles. The Hall–Kier alpha value is -0.910. The molecule has 3 N–H and O–H groups in total. The minimum absolute atomic E-state index is 0.0249. The van der Waals surface area contributed by atoms with Crippen molar-refractivity contribution >= 4 is 21.8 Å². The van der Waals surface area contributed by atoms with E-state index in [-0.39, 0.29) is 18.0 Å². The summed E-state index contributed by atoms with van der Waals surface area (Å²) in [6.07, 6.45) is 0.982. The number of amides is 1. The Kier molecular flexibility index (Phi) is 4.96. The molecule has 0 aliphatic carbocycles. The van der Waals surface area contributed by atoms with Gasteiger partial charge in [0.2, 0.25) is 5.91 Å². The highest BCUT2D eigenvalue weighted by Crippen LogP contribution is 2.16. The maximum Gasteiger partial charge on any atom is 0.234 e. The van der Waals surface area contributed by atoms with Gasteiger partial charge in [0.15, 0.2) is 0 Å². The van der Waals surface area contributed by atoms with Crippen LogP contribution in [0.1, 0.15) is 24.9 Å². The second-order valence-electron chi connectivity index (χ2n) is 5.12. The van der Waals surface area contributed by atoms with E-state index in [0.29, 0.717) is 6.54 Å². The van der Waals surface area contributed by atoms with Crippen LogP contribution >= 0.6 is 15.9 Å². The lowest BCUT2D eigenvalue weighted by Crippen LogP contribution is -2.38. The molecule has 2 atom stereocenters. The highest BCUT2D eigenvalue weighted by molar-refractivity contribution is 9.10.